The molecule has 4 heterocycles. The predicted molar refractivity (Wildman–Crippen MR) is 206 cm³/mol. The molecule has 2 aliphatic rings. The van der Waals surface area contributed by atoms with Gasteiger partial charge in [-0.05, 0) is 88.3 Å². The Labute approximate surface area is 335 Å². The van der Waals surface area contributed by atoms with E-state index in [0.29, 0.717) is 65.0 Å². The minimum absolute atomic E-state index is 0.0266. The topological polar surface area (TPSA) is 385 Å². The van der Waals surface area contributed by atoms with Crippen molar-refractivity contribution in [1.29, 1.82) is 0 Å². The molecule has 0 amide bonds. The minimum atomic E-state index is -4.64. The van der Waals surface area contributed by atoms with E-state index in [1.165, 1.54) is 7.11 Å². The molecule has 0 spiro atoms. The standard InChI is InChI=1S/C29H32ClN5O2.4H3O4P/c1-37-26-9-8-24-28(33-26)27(23-7-6-21(30)16-25(23)32-24)31-22-14-19(17-34-10-2-3-11-34)29(36)20(15-22)18-35-12-4-5-13-35;4*1-5(2,3)4/h6-9,14-16,36H,2-5,10-13,17-18H2,1H3,(H,31,32);4*(H3,1,2,3,4)/i17+1D2,18+1D2;;;;. The van der Waals surface area contributed by atoms with E-state index < -0.39 is 44.3 Å². The van der Waals surface area contributed by atoms with Crippen LogP contribution in [0.3, 0.4) is 0 Å². The highest BCUT2D eigenvalue weighted by Gasteiger charge is 2.21. The Kier molecular flexibility index (Phi) is 17.0. The van der Waals surface area contributed by atoms with Crippen LogP contribution in [-0.2, 0) is 31.3 Å². The second kappa shape index (κ2) is 22.1. The number of ether oxygens (including phenoxy) is 1. The molecule has 2 fully saturated rings. The van der Waals surface area contributed by atoms with Gasteiger partial charge in [0.2, 0.25) is 5.88 Å². The highest BCUT2D eigenvalue weighted by molar-refractivity contribution is 7.45. The third-order valence-electron chi connectivity index (χ3n) is 6.91. The predicted octanol–water partition coefficient (Wildman–Crippen LogP) is 2.37. The Morgan fingerprint density at radius 2 is 1.11 bits per heavy atom. The van der Waals surface area contributed by atoms with Crippen molar-refractivity contribution in [3.05, 3.63) is 58.6 Å². The third kappa shape index (κ3) is 22.3. The van der Waals surface area contributed by atoms with E-state index in [1.807, 2.05) is 6.07 Å². The lowest BCUT2D eigenvalue weighted by Gasteiger charge is -2.22. The molecule has 0 atom stereocenters. The number of methoxy groups -OCH3 is 1. The summed E-state index contributed by atoms with van der Waals surface area (Å²) in [6, 6.07) is 12.0. The van der Waals surface area contributed by atoms with Crippen molar-refractivity contribution in [2.45, 2.75) is 38.7 Å². The quantitative estimate of drug-likeness (QED) is 0.0547. The first-order valence-corrected chi connectivity index (χ1v) is 22.5. The van der Waals surface area contributed by atoms with Gasteiger partial charge in [-0.2, -0.15) is 0 Å². The zero-order valence-electron chi connectivity index (χ0n) is 33.5. The van der Waals surface area contributed by atoms with Crippen molar-refractivity contribution in [2.75, 3.05) is 38.6 Å². The molecular formula is C29H44ClN5O18P4. The fourth-order valence-electron chi connectivity index (χ4n) is 5.03. The van der Waals surface area contributed by atoms with Crippen LogP contribution >= 0.6 is 42.9 Å². The van der Waals surface area contributed by atoms with Crippen LogP contribution in [0.5, 0.6) is 11.6 Å². The lowest BCUT2D eigenvalue weighted by atomic mass is 10.1. The van der Waals surface area contributed by atoms with Gasteiger partial charge in [-0.3, -0.25) is 9.80 Å². The molecule has 320 valence electrons. The van der Waals surface area contributed by atoms with E-state index in [2.05, 4.69) is 10.3 Å². The number of aromatic nitrogens is 2. The molecule has 28 heteroatoms. The van der Waals surface area contributed by atoms with Gasteiger partial charge in [0.25, 0.3) is 0 Å². The van der Waals surface area contributed by atoms with Crippen molar-refractivity contribution < 1.29 is 92.3 Å². The maximum Gasteiger partial charge on any atom is 0.466 e. The van der Waals surface area contributed by atoms with Crippen molar-refractivity contribution >= 4 is 76.2 Å². The van der Waals surface area contributed by atoms with E-state index in [1.54, 1.807) is 46.2 Å². The normalized spacial score (nSPS) is 16.5. The van der Waals surface area contributed by atoms with Gasteiger partial charge in [-0.15, -0.1) is 0 Å². The van der Waals surface area contributed by atoms with Gasteiger partial charge in [0.05, 0.1) is 23.8 Å². The number of nitrogens with one attached hydrogen (secondary N) is 1. The van der Waals surface area contributed by atoms with Gasteiger partial charge < -0.3 is 73.9 Å². The van der Waals surface area contributed by atoms with Crippen molar-refractivity contribution in [2.24, 2.45) is 0 Å². The highest BCUT2D eigenvalue weighted by Crippen LogP contribution is 2.37. The molecule has 0 radical (unpaired) electrons. The van der Waals surface area contributed by atoms with E-state index >= 15 is 0 Å². The third-order valence-corrected chi connectivity index (χ3v) is 7.15. The Bertz CT molecular complexity index is 2160. The molecular weight excluding hydrogens is 868 g/mol. The number of aromatic hydroxyl groups is 1. The van der Waals surface area contributed by atoms with E-state index in [4.69, 9.17) is 104 Å². The van der Waals surface area contributed by atoms with Gasteiger partial charge in [-0.25, -0.2) is 28.2 Å². The molecule has 0 aliphatic carbocycles. The SMILES string of the molecule is O=P(O)(O)O.O=P(O)(O)O.O=P(O)(O)O.O=P(O)(O)O.[2H][13C]([2H])(c1cc(Nc2c3ccc(Cl)cc3nc3ccc(OC)nc23)cc([13C]([2H])([2H])N2CCCC2)c1O)N1CCCC1. The van der Waals surface area contributed by atoms with Crippen LogP contribution in [-0.4, -0.2) is 117 Å². The van der Waals surface area contributed by atoms with Crippen LogP contribution in [0.2, 0.25) is 5.02 Å². The van der Waals surface area contributed by atoms with Crippen molar-refractivity contribution in [3.63, 3.8) is 0 Å². The van der Waals surface area contributed by atoms with Gasteiger partial charge in [0.1, 0.15) is 11.3 Å². The first-order chi connectivity index (χ1) is 27.6. The number of benzene rings is 2. The first-order valence-electron chi connectivity index (χ1n) is 17.8. The molecule has 57 heavy (non-hydrogen) atoms. The summed E-state index contributed by atoms with van der Waals surface area (Å²) in [4.78, 5) is 99.0. The Morgan fingerprint density at radius 1 is 0.684 bits per heavy atom. The maximum atomic E-state index is 11.5. The zero-order chi connectivity index (χ0) is 46.9. The molecule has 0 saturated carbocycles. The second-order valence-corrected chi connectivity index (χ2v) is 16.1. The number of halogens is 1. The Hall–Kier alpha value is -2.69. The van der Waals surface area contributed by atoms with Gasteiger partial charge in [0.15, 0.2) is 0 Å². The number of nitrogens with zero attached hydrogens (tertiary/aromatic N) is 4. The fourth-order valence-corrected chi connectivity index (χ4v) is 5.20. The van der Waals surface area contributed by atoms with Crippen LogP contribution < -0.4 is 10.1 Å². The van der Waals surface area contributed by atoms with Gasteiger partial charge in [-0.1, -0.05) is 11.6 Å². The molecule has 2 aromatic carbocycles. The number of phenolic OH excluding ortho intramolecular Hbond substituents is 1. The van der Waals surface area contributed by atoms with Crippen molar-refractivity contribution in [1.82, 2.24) is 19.8 Å². The number of hydrogen-bond acceptors (Lipinski definition) is 11. The smallest absolute Gasteiger partial charge is 0.466 e. The van der Waals surface area contributed by atoms with Crippen LogP contribution in [0, 0.1) is 0 Å². The summed E-state index contributed by atoms with van der Waals surface area (Å²) in [5.41, 5.74) is 2.83. The van der Waals surface area contributed by atoms with E-state index in [0.717, 1.165) is 31.1 Å². The number of phosphoric acid groups is 4. The molecule has 0 bridgehead atoms. The molecule has 2 saturated heterocycles. The summed E-state index contributed by atoms with van der Waals surface area (Å²) in [6.07, 6.45) is 3.46. The van der Waals surface area contributed by atoms with E-state index in [9.17, 15) is 5.11 Å². The summed E-state index contributed by atoms with van der Waals surface area (Å²) in [5, 5.41) is 16.2. The van der Waals surface area contributed by atoms with Crippen LogP contribution in [0.4, 0.5) is 11.4 Å². The lowest BCUT2D eigenvalue weighted by Crippen LogP contribution is -2.20. The average Bonchev–Trinajstić information content (AvgIpc) is 3.82. The number of anilines is 2. The van der Waals surface area contributed by atoms with E-state index in [-0.39, 0.29) is 16.9 Å². The van der Waals surface area contributed by atoms with Gasteiger partial charge in [0, 0.05) is 51.8 Å². The van der Waals surface area contributed by atoms with Crippen LogP contribution in [0.25, 0.3) is 21.9 Å². The lowest BCUT2D eigenvalue weighted by molar-refractivity contribution is 0.272. The highest BCUT2D eigenvalue weighted by atomic mass is 35.5. The molecule has 4 aromatic rings. The number of phenols is 1. The van der Waals surface area contributed by atoms with Crippen molar-refractivity contribution in [3.8, 4) is 11.6 Å². The first kappa shape index (κ1) is 43.9. The number of fused-ring (bicyclic) bond motifs is 2. The summed E-state index contributed by atoms with van der Waals surface area (Å²) in [6.45, 7) is -1.78. The molecule has 2 aliphatic heterocycles. The second-order valence-electron chi connectivity index (χ2n) is 11.6. The molecule has 6 rings (SSSR count). The Morgan fingerprint density at radius 3 is 1.51 bits per heavy atom. The molecule has 14 N–H and O–H groups in total. The minimum Gasteiger partial charge on any atom is -0.507 e. The average molecular weight is 916 g/mol. The number of rotatable bonds is 7. The number of likely N-dealkylation sites (tertiary alicyclic amines) is 2. The number of pyridine rings is 2. The summed E-state index contributed by atoms with van der Waals surface area (Å²) in [5.74, 6) is 0.0406. The largest absolute Gasteiger partial charge is 0.507 e. The molecule has 23 nitrogen and oxygen atoms in total. The summed E-state index contributed by atoms with van der Waals surface area (Å²) < 4.78 is 77.1. The van der Waals surface area contributed by atoms with Crippen LogP contribution in [0.15, 0.2) is 42.5 Å². The zero-order valence-corrected chi connectivity index (χ0v) is 33.8. The Balaban J connectivity index is 0.000000534. The maximum absolute atomic E-state index is 11.5. The summed E-state index contributed by atoms with van der Waals surface area (Å²) >= 11 is 6.30. The molecule has 0 unspecified atom stereocenters. The monoisotopic (exact) mass is 915 g/mol. The van der Waals surface area contributed by atoms with Gasteiger partial charge >= 0.3 is 31.3 Å². The number of hydrogen-bond donors (Lipinski definition) is 14. The molecule has 2 aromatic heterocycles. The summed E-state index contributed by atoms with van der Waals surface area (Å²) in [7, 11) is -17.0. The van der Waals surface area contributed by atoms with Crippen LogP contribution in [0.1, 0.15) is 42.3 Å². The fraction of sp³-hybridized carbons (Fsp3) is 0.379.